The zero-order valence-corrected chi connectivity index (χ0v) is 12.3. The summed E-state index contributed by atoms with van der Waals surface area (Å²) in [4.78, 5) is 2.19. The van der Waals surface area contributed by atoms with Gasteiger partial charge in [-0.2, -0.15) is 0 Å². The first-order valence-corrected chi connectivity index (χ1v) is 7.05. The second-order valence-corrected chi connectivity index (χ2v) is 4.63. The summed E-state index contributed by atoms with van der Waals surface area (Å²) < 4.78 is 5.22. The Morgan fingerprint density at radius 2 is 2.11 bits per heavy atom. The summed E-state index contributed by atoms with van der Waals surface area (Å²) in [6.07, 6.45) is 3.97. The van der Waals surface area contributed by atoms with Gasteiger partial charge in [0.1, 0.15) is 11.1 Å². The molecule has 1 unspecified atom stereocenters. The monoisotopic (exact) mass is 263 g/mol. The van der Waals surface area contributed by atoms with Gasteiger partial charge < -0.3 is 9.64 Å². The minimum absolute atomic E-state index is 0.346. The van der Waals surface area contributed by atoms with E-state index in [1.807, 2.05) is 32.1 Å². The van der Waals surface area contributed by atoms with E-state index in [1.54, 1.807) is 18.9 Å². The number of hydrogen-bond acceptors (Lipinski definition) is 3. The summed E-state index contributed by atoms with van der Waals surface area (Å²) in [7, 11) is 3.76. The van der Waals surface area contributed by atoms with Crippen molar-refractivity contribution in [2.45, 2.75) is 19.2 Å². The molecular formula is C15H21NOS. The summed E-state index contributed by atoms with van der Waals surface area (Å²) in [5, 5.41) is 2.46. The van der Waals surface area contributed by atoms with Crippen molar-refractivity contribution in [3.63, 3.8) is 0 Å². The van der Waals surface area contributed by atoms with Gasteiger partial charge in [0, 0.05) is 13.2 Å². The molecule has 1 aliphatic heterocycles. The van der Waals surface area contributed by atoms with Crippen LogP contribution in [0.1, 0.15) is 30.3 Å². The normalized spacial score (nSPS) is 17.1. The van der Waals surface area contributed by atoms with Crippen LogP contribution in [0.3, 0.4) is 0 Å². The molecule has 0 bridgehead atoms. The summed E-state index contributed by atoms with van der Waals surface area (Å²) in [6.45, 7) is 7.86. The van der Waals surface area contributed by atoms with Crippen LogP contribution >= 0.6 is 11.8 Å². The van der Waals surface area contributed by atoms with Crippen molar-refractivity contribution in [2.75, 3.05) is 14.2 Å². The molecule has 2 rings (SSSR count). The standard InChI is InChI=1S/C13H15NOS.C2H6/c1-4-10-9-11(15-3)5-6-12(10)13-14(2)7-8-16-13;1-2/h4-9,13H,1H2,2-3H3;1-2H3. The van der Waals surface area contributed by atoms with Gasteiger partial charge in [0.05, 0.1) is 7.11 Å². The first kappa shape index (κ1) is 14.7. The van der Waals surface area contributed by atoms with Crippen molar-refractivity contribution >= 4 is 17.8 Å². The highest BCUT2D eigenvalue weighted by molar-refractivity contribution is 8.02. The average Bonchev–Trinajstić information content (AvgIpc) is 2.86. The topological polar surface area (TPSA) is 12.5 Å². The van der Waals surface area contributed by atoms with Crippen LogP contribution in [0.25, 0.3) is 6.08 Å². The summed E-state index contributed by atoms with van der Waals surface area (Å²) in [5.74, 6) is 0.872. The van der Waals surface area contributed by atoms with Gasteiger partial charge in [0.25, 0.3) is 0 Å². The molecule has 0 aromatic heterocycles. The van der Waals surface area contributed by atoms with Crippen molar-refractivity contribution < 1.29 is 4.74 Å². The predicted octanol–water partition coefficient (Wildman–Crippen LogP) is 4.51. The summed E-state index contributed by atoms with van der Waals surface area (Å²) >= 11 is 1.80. The van der Waals surface area contributed by atoms with Crippen molar-refractivity contribution in [1.82, 2.24) is 4.90 Å². The van der Waals surface area contributed by atoms with Gasteiger partial charge in [-0.3, -0.25) is 0 Å². The third-order valence-electron chi connectivity index (χ3n) is 2.65. The Morgan fingerprint density at radius 3 is 2.61 bits per heavy atom. The quantitative estimate of drug-likeness (QED) is 0.796. The van der Waals surface area contributed by atoms with Gasteiger partial charge in [0.2, 0.25) is 0 Å². The molecule has 1 aliphatic rings. The number of methoxy groups -OCH3 is 1. The first-order chi connectivity index (χ1) is 8.76. The molecule has 3 heteroatoms. The smallest absolute Gasteiger partial charge is 0.119 e. The Bertz CT molecular complexity index is 429. The highest BCUT2D eigenvalue weighted by Gasteiger charge is 2.20. The van der Waals surface area contributed by atoms with Crippen LogP contribution in [0.4, 0.5) is 0 Å². The molecule has 18 heavy (non-hydrogen) atoms. The summed E-state index contributed by atoms with van der Waals surface area (Å²) in [6, 6.07) is 6.13. The van der Waals surface area contributed by atoms with Crippen LogP contribution in [0.15, 0.2) is 36.4 Å². The number of hydrogen-bond donors (Lipinski definition) is 0. The van der Waals surface area contributed by atoms with E-state index in [-0.39, 0.29) is 0 Å². The molecule has 0 N–H and O–H groups in total. The SMILES string of the molecule is C=Cc1cc(OC)ccc1C1SC=CN1C.CC. The molecule has 0 saturated carbocycles. The van der Waals surface area contributed by atoms with E-state index in [0.717, 1.165) is 11.3 Å². The van der Waals surface area contributed by atoms with Crippen LogP contribution in [-0.2, 0) is 0 Å². The number of nitrogens with zero attached hydrogens (tertiary/aromatic N) is 1. The zero-order valence-electron chi connectivity index (χ0n) is 11.5. The van der Waals surface area contributed by atoms with Crippen molar-refractivity contribution in [2.24, 2.45) is 0 Å². The molecule has 2 nitrogen and oxygen atoms in total. The van der Waals surface area contributed by atoms with Crippen molar-refractivity contribution in [1.29, 1.82) is 0 Å². The van der Waals surface area contributed by atoms with Gasteiger partial charge in [0.15, 0.2) is 0 Å². The third-order valence-corrected chi connectivity index (χ3v) is 3.78. The third kappa shape index (κ3) is 3.10. The zero-order chi connectivity index (χ0) is 13.5. The van der Waals surface area contributed by atoms with E-state index >= 15 is 0 Å². The highest BCUT2D eigenvalue weighted by atomic mass is 32.2. The molecule has 0 saturated heterocycles. The van der Waals surface area contributed by atoms with E-state index in [0.29, 0.717) is 5.37 Å². The Morgan fingerprint density at radius 1 is 1.39 bits per heavy atom. The Hall–Kier alpha value is -1.35. The van der Waals surface area contributed by atoms with E-state index in [4.69, 9.17) is 4.74 Å². The lowest BCUT2D eigenvalue weighted by molar-refractivity contribution is 0.413. The van der Waals surface area contributed by atoms with Gasteiger partial charge in [-0.1, -0.05) is 32.6 Å². The lowest BCUT2D eigenvalue weighted by Gasteiger charge is -2.22. The van der Waals surface area contributed by atoms with E-state index in [1.165, 1.54) is 5.56 Å². The fourth-order valence-corrected chi connectivity index (χ4v) is 2.79. The summed E-state index contributed by atoms with van der Waals surface area (Å²) in [5.41, 5.74) is 2.40. The highest BCUT2D eigenvalue weighted by Crippen LogP contribution is 2.40. The van der Waals surface area contributed by atoms with Crippen LogP contribution < -0.4 is 4.74 Å². The number of benzene rings is 1. The largest absolute Gasteiger partial charge is 0.497 e. The van der Waals surface area contributed by atoms with Crippen molar-refractivity contribution in [3.05, 3.63) is 47.5 Å². The molecule has 0 aliphatic carbocycles. The lowest BCUT2D eigenvalue weighted by atomic mass is 10.1. The molecule has 1 heterocycles. The van der Waals surface area contributed by atoms with Crippen LogP contribution in [0, 0.1) is 0 Å². The maximum atomic E-state index is 5.22. The number of rotatable bonds is 3. The molecule has 0 radical (unpaired) electrons. The van der Waals surface area contributed by atoms with E-state index in [2.05, 4.69) is 36.2 Å². The molecule has 98 valence electrons. The first-order valence-electron chi connectivity index (χ1n) is 6.10. The minimum atomic E-state index is 0.346. The number of ether oxygens (including phenoxy) is 1. The molecule has 1 atom stereocenters. The van der Waals surface area contributed by atoms with E-state index < -0.39 is 0 Å². The fourth-order valence-electron chi connectivity index (χ4n) is 1.75. The van der Waals surface area contributed by atoms with Gasteiger partial charge >= 0.3 is 0 Å². The second kappa shape index (κ2) is 7.17. The fraction of sp³-hybridized carbons (Fsp3) is 0.333. The Kier molecular flexibility index (Phi) is 5.86. The Balaban J connectivity index is 0.000000771. The molecule has 1 aromatic carbocycles. The lowest BCUT2D eigenvalue weighted by Crippen LogP contribution is -2.12. The molecule has 0 fully saturated rings. The molecular weight excluding hydrogens is 242 g/mol. The molecule has 0 spiro atoms. The maximum absolute atomic E-state index is 5.22. The Labute approximate surface area is 114 Å². The second-order valence-electron chi connectivity index (χ2n) is 3.64. The minimum Gasteiger partial charge on any atom is -0.497 e. The van der Waals surface area contributed by atoms with Gasteiger partial charge in [-0.25, -0.2) is 0 Å². The van der Waals surface area contributed by atoms with E-state index in [9.17, 15) is 0 Å². The van der Waals surface area contributed by atoms with Crippen molar-refractivity contribution in [3.8, 4) is 5.75 Å². The van der Waals surface area contributed by atoms with Crippen LogP contribution in [0.5, 0.6) is 5.75 Å². The predicted molar refractivity (Wildman–Crippen MR) is 81.7 cm³/mol. The molecule has 1 aromatic rings. The molecule has 0 amide bonds. The average molecular weight is 263 g/mol. The van der Waals surface area contributed by atoms with Crippen LogP contribution in [0.2, 0.25) is 0 Å². The van der Waals surface area contributed by atoms with Gasteiger partial charge in [-0.05, 0) is 28.7 Å². The number of thioether (sulfide) groups is 1. The van der Waals surface area contributed by atoms with Gasteiger partial charge in [-0.15, -0.1) is 11.8 Å². The van der Waals surface area contributed by atoms with Crippen LogP contribution in [-0.4, -0.2) is 19.1 Å². The maximum Gasteiger partial charge on any atom is 0.119 e.